The Hall–Kier alpha value is -2.71. The molecule has 9 nitrogen and oxygen atoms in total. The van der Waals surface area contributed by atoms with Crippen molar-refractivity contribution in [2.45, 2.75) is 53.8 Å². The minimum Gasteiger partial charge on any atom is -0.350 e. The van der Waals surface area contributed by atoms with E-state index in [1.54, 1.807) is 20.8 Å². The third-order valence-corrected chi connectivity index (χ3v) is 4.04. The van der Waals surface area contributed by atoms with Crippen LogP contribution in [0.1, 0.15) is 42.5 Å². The van der Waals surface area contributed by atoms with Crippen molar-refractivity contribution < 1.29 is 9.72 Å². The van der Waals surface area contributed by atoms with E-state index in [4.69, 9.17) is 0 Å². The second-order valence-electron chi connectivity index (χ2n) is 5.71. The Kier molecular flexibility index (Phi) is 5.01. The molecule has 0 saturated heterocycles. The highest BCUT2D eigenvalue weighted by molar-refractivity contribution is 5.80. The van der Waals surface area contributed by atoms with Gasteiger partial charge in [-0.15, -0.1) is 0 Å². The molecule has 130 valence electrons. The topological polar surface area (TPSA) is 108 Å². The zero-order valence-electron chi connectivity index (χ0n) is 14.5. The van der Waals surface area contributed by atoms with Gasteiger partial charge in [0, 0.05) is 24.8 Å². The smallest absolute Gasteiger partial charge is 0.312 e. The fourth-order valence-corrected chi connectivity index (χ4v) is 2.63. The molecule has 2 aromatic heterocycles. The molecule has 0 aliphatic carbocycles. The third kappa shape index (κ3) is 3.29. The minimum atomic E-state index is -0.640. The van der Waals surface area contributed by atoms with Crippen LogP contribution in [0.4, 0.5) is 5.69 Å². The van der Waals surface area contributed by atoms with E-state index in [9.17, 15) is 14.9 Å². The molecule has 0 bridgehead atoms. The van der Waals surface area contributed by atoms with E-state index in [0.29, 0.717) is 17.9 Å². The summed E-state index contributed by atoms with van der Waals surface area (Å²) in [6.45, 7) is 9.83. The number of nitrogens with one attached hydrogen (secondary N) is 1. The molecule has 2 aromatic rings. The molecule has 2 rings (SSSR count). The highest BCUT2D eigenvalue weighted by atomic mass is 16.6. The van der Waals surface area contributed by atoms with Gasteiger partial charge in [0.05, 0.1) is 10.6 Å². The summed E-state index contributed by atoms with van der Waals surface area (Å²) in [6.07, 6.45) is 1.90. The lowest BCUT2D eigenvalue weighted by Gasteiger charge is -2.13. The Morgan fingerprint density at radius 1 is 1.33 bits per heavy atom. The van der Waals surface area contributed by atoms with Gasteiger partial charge in [-0.1, -0.05) is 0 Å². The molecule has 0 aliphatic heterocycles. The molecule has 1 atom stereocenters. The SMILES string of the molecule is CCn1cc(CNC(=O)C(C)n2nc(C)c([N+](=O)[O-])c2C)c(C)n1. The van der Waals surface area contributed by atoms with Crippen molar-refractivity contribution in [3.05, 3.63) is 39.0 Å². The standard InChI is InChI=1S/C15H22N6O3/c1-6-19-8-13(9(2)17-19)7-16-15(22)12(5)20-11(4)14(21(23)24)10(3)18-20/h8,12H,6-7H2,1-5H3,(H,16,22). The number of nitro groups is 1. The van der Waals surface area contributed by atoms with Crippen molar-refractivity contribution >= 4 is 11.6 Å². The number of aromatic nitrogens is 4. The molecule has 1 unspecified atom stereocenters. The van der Waals surface area contributed by atoms with Crippen LogP contribution in [-0.4, -0.2) is 30.4 Å². The summed E-state index contributed by atoms with van der Waals surface area (Å²) in [5.41, 5.74) is 2.44. The number of hydrogen-bond donors (Lipinski definition) is 1. The Morgan fingerprint density at radius 3 is 2.50 bits per heavy atom. The van der Waals surface area contributed by atoms with Gasteiger partial charge in [0.2, 0.25) is 5.91 Å². The van der Waals surface area contributed by atoms with Crippen molar-refractivity contribution in [3.63, 3.8) is 0 Å². The average molecular weight is 334 g/mol. The Bertz CT molecular complexity index is 777. The van der Waals surface area contributed by atoms with E-state index < -0.39 is 11.0 Å². The highest BCUT2D eigenvalue weighted by Gasteiger charge is 2.27. The van der Waals surface area contributed by atoms with Crippen LogP contribution in [0.15, 0.2) is 6.20 Å². The second kappa shape index (κ2) is 6.81. The Labute approximate surface area is 139 Å². The van der Waals surface area contributed by atoms with E-state index in [2.05, 4.69) is 15.5 Å². The number of nitrogens with zero attached hydrogens (tertiary/aromatic N) is 5. The van der Waals surface area contributed by atoms with Crippen LogP contribution in [0.2, 0.25) is 0 Å². The Morgan fingerprint density at radius 2 is 2.00 bits per heavy atom. The van der Waals surface area contributed by atoms with Gasteiger partial charge in [-0.3, -0.25) is 24.3 Å². The number of carbonyl (C=O) groups is 1. The van der Waals surface area contributed by atoms with Gasteiger partial charge < -0.3 is 5.32 Å². The number of carbonyl (C=O) groups excluding carboxylic acids is 1. The molecule has 0 saturated carbocycles. The van der Waals surface area contributed by atoms with Crippen molar-refractivity contribution in [3.8, 4) is 0 Å². The predicted molar refractivity (Wildman–Crippen MR) is 87.6 cm³/mol. The van der Waals surface area contributed by atoms with Crippen LogP contribution in [0.3, 0.4) is 0 Å². The fourth-order valence-electron chi connectivity index (χ4n) is 2.63. The van der Waals surface area contributed by atoms with Gasteiger partial charge >= 0.3 is 5.69 Å². The third-order valence-electron chi connectivity index (χ3n) is 4.04. The molecule has 0 radical (unpaired) electrons. The van der Waals surface area contributed by atoms with Crippen LogP contribution in [0.5, 0.6) is 0 Å². The molecule has 1 N–H and O–H groups in total. The molecule has 2 heterocycles. The van der Waals surface area contributed by atoms with Crippen LogP contribution in [0.25, 0.3) is 0 Å². The largest absolute Gasteiger partial charge is 0.350 e. The van der Waals surface area contributed by atoms with Gasteiger partial charge in [0.1, 0.15) is 17.4 Å². The molecule has 0 aliphatic rings. The van der Waals surface area contributed by atoms with Crippen molar-refractivity contribution in [2.75, 3.05) is 0 Å². The predicted octanol–water partition coefficient (Wildman–Crippen LogP) is 1.81. The van der Waals surface area contributed by atoms with E-state index in [1.165, 1.54) is 4.68 Å². The van der Waals surface area contributed by atoms with Crippen LogP contribution in [-0.2, 0) is 17.9 Å². The zero-order chi connectivity index (χ0) is 18.0. The van der Waals surface area contributed by atoms with E-state index in [0.717, 1.165) is 17.8 Å². The summed E-state index contributed by atoms with van der Waals surface area (Å²) in [4.78, 5) is 23.0. The van der Waals surface area contributed by atoms with Gasteiger partial charge in [0.25, 0.3) is 0 Å². The van der Waals surface area contributed by atoms with Gasteiger partial charge in [-0.05, 0) is 34.6 Å². The summed E-state index contributed by atoms with van der Waals surface area (Å²) in [6, 6.07) is -0.640. The maximum absolute atomic E-state index is 12.4. The maximum Gasteiger partial charge on any atom is 0.312 e. The highest BCUT2D eigenvalue weighted by Crippen LogP contribution is 2.24. The Balaban J connectivity index is 2.11. The van der Waals surface area contributed by atoms with Gasteiger partial charge in [-0.25, -0.2) is 0 Å². The molecule has 0 spiro atoms. The lowest BCUT2D eigenvalue weighted by molar-refractivity contribution is -0.386. The number of aryl methyl sites for hydroxylation is 3. The number of hydrogen-bond acceptors (Lipinski definition) is 5. The molecule has 0 aromatic carbocycles. The van der Waals surface area contributed by atoms with E-state index >= 15 is 0 Å². The lowest BCUT2D eigenvalue weighted by Crippen LogP contribution is -2.31. The first-order valence-corrected chi connectivity index (χ1v) is 7.77. The summed E-state index contributed by atoms with van der Waals surface area (Å²) in [5, 5.41) is 22.4. The minimum absolute atomic E-state index is 0.0466. The van der Waals surface area contributed by atoms with Crippen molar-refractivity contribution in [1.82, 2.24) is 24.9 Å². The van der Waals surface area contributed by atoms with E-state index in [-0.39, 0.29) is 11.6 Å². The lowest BCUT2D eigenvalue weighted by atomic mass is 10.2. The molecule has 9 heteroatoms. The monoisotopic (exact) mass is 334 g/mol. The molecule has 0 fully saturated rings. The van der Waals surface area contributed by atoms with Crippen LogP contribution in [0, 0.1) is 30.9 Å². The van der Waals surface area contributed by atoms with Crippen molar-refractivity contribution in [2.24, 2.45) is 0 Å². The summed E-state index contributed by atoms with van der Waals surface area (Å²) in [7, 11) is 0. The molecular weight excluding hydrogens is 312 g/mol. The molecule has 24 heavy (non-hydrogen) atoms. The van der Waals surface area contributed by atoms with Gasteiger partial charge in [0.15, 0.2) is 0 Å². The first-order chi connectivity index (χ1) is 11.3. The molecule has 1 amide bonds. The second-order valence-corrected chi connectivity index (χ2v) is 5.71. The number of rotatable bonds is 6. The summed E-state index contributed by atoms with van der Waals surface area (Å²) in [5.74, 6) is -0.251. The van der Waals surface area contributed by atoms with E-state index in [1.807, 2.05) is 24.7 Å². The molecular formula is C15H22N6O3. The first kappa shape index (κ1) is 17.6. The van der Waals surface area contributed by atoms with Crippen LogP contribution >= 0.6 is 0 Å². The maximum atomic E-state index is 12.4. The average Bonchev–Trinajstić information content (AvgIpc) is 3.03. The van der Waals surface area contributed by atoms with Crippen molar-refractivity contribution in [1.29, 1.82) is 0 Å². The zero-order valence-corrected chi connectivity index (χ0v) is 14.5. The quantitative estimate of drug-likeness (QED) is 0.640. The number of amides is 1. The normalized spacial score (nSPS) is 12.2. The fraction of sp³-hybridized carbons (Fsp3) is 0.533. The summed E-state index contributed by atoms with van der Waals surface area (Å²) < 4.78 is 3.20. The first-order valence-electron chi connectivity index (χ1n) is 7.77. The van der Waals surface area contributed by atoms with Crippen LogP contribution < -0.4 is 5.32 Å². The van der Waals surface area contributed by atoms with Gasteiger partial charge in [-0.2, -0.15) is 10.2 Å². The summed E-state index contributed by atoms with van der Waals surface area (Å²) >= 11 is 0.